The molecule has 0 saturated heterocycles. The minimum Gasteiger partial charge on any atom is -0.468 e. The number of carbonyl (C=O) groups is 1. The maximum atomic E-state index is 11.8. The van der Waals surface area contributed by atoms with E-state index in [9.17, 15) is 4.79 Å². The fourth-order valence-corrected chi connectivity index (χ4v) is 2.95. The van der Waals surface area contributed by atoms with Crippen molar-refractivity contribution >= 4 is 29.8 Å². The van der Waals surface area contributed by atoms with Gasteiger partial charge < -0.3 is 4.74 Å². The van der Waals surface area contributed by atoms with Crippen molar-refractivity contribution in [1.29, 1.82) is 0 Å². The Morgan fingerprint density at radius 2 is 1.93 bits per heavy atom. The van der Waals surface area contributed by atoms with E-state index >= 15 is 0 Å². The number of hydrogen-bond donors (Lipinski definition) is 1. The van der Waals surface area contributed by atoms with Crippen LogP contribution in [0.4, 0.5) is 0 Å². The van der Waals surface area contributed by atoms with Crippen LogP contribution in [-0.4, -0.2) is 39.3 Å². The van der Waals surface area contributed by atoms with Gasteiger partial charge in [-0.25, -0.2) is 4.68 Å². The monoisotopic (exact) mass is 402 g/mol. The minimum atomic E-state index is -0.310. The first-order valence-electron chi connectivity index (χ1n) is 8.31. The highest BCUT2D eigenvalue weighted by atomic mass is 35.5. The fraction of sp³-hybridized carbons (Fsp3) is 0.211. The van der Waals surface area contributed by atoms with Crippen LogP contribution in [-0.2, 0) is 22.7 Å². The molecule has 0 spiro atoms. The number of methoxy groups -OCH3 is 1. The van der Waals surface area contributed by atoms with Gasteiger partial charge in [0.1, 0.15) is 0 Å². The number of nitrogens with one attached hydrogen (secondary N) is 1. The number of rotatable bonds is 7. The van der Waals surface area contributed by atoms with Crippen molar-refractivity contribution < 1.29 is 9.53 Å². The van der Waals surface area contributed by atoms with Gasteiger partial charge in [-0.2, -0.15) is 4.98 Å². The highest BCUT2D eigenvalue weighted by molar-refractivity contribution is 7.71. The standard InChI is InChI=1S/C19H19ClN4O2S/c1-26-17(25)12-23(11-14-5-3-2-4-6-14)13-24-19(27)21-18(22-24)15-7-9-16(20)10-8-15/h2-10H,11-13H2,1H3,(H,21,22,27). The van der Waals surface area contributed by atoms with E-state index in [0.29, 0.717) is 28.8 Å². The number of halogens is 1. The molecular weight excluding hydrogens is 384 g/mol. The van der Waals surface area contributed by atoms with Crippen molar-refractivity contribution in [2.24, 2.45) is 0 Å². The zero-order chi connectivity index (χ0) is 19.2. The summed E-state index contributed by atoms with van der Waals surface area (Å²) < 4.78 is 6.95. The largest absolute Gasteiger partial charge is 0.468 e. The lowest BCUT2D eigenvalue weighted by molar-refractivity contribution is -0.142. The van der Waals surface area contributed by atoms with E-state index in [1.807, 2.05) is 47.4 Å². The molecule has 0 aliphatic carbocycles. The molecule has 1 aromatic heterocycles. The summed E-state index contributed by atoms with van der Waals surface area (Å²) in [6, 6.07) is 17.2. The Labute approximate surface area is 167 Å². The summed E-state index contributed by atoms with van der Waals surface area (Å²) in [4.78, 5) is 18.1. The van der Waals surface area contributed by atoms with Crippen LogP contribution in [0, 0.1) is 4.77 Å². The normalized spacial score (nSPS) is 10.9. The number of aromatic nitrogens is 3. The molecule has 0 fully saturated rings. The number of hydrogen-bond acceptors (Lipinski definition) is 5. The molecular formula is C19H19ClN4O2S. The third-order valence-corrected chi connectivity index (χ3v) is 4.53. The molecule has 6 nitrogen and oxygen atoms in total. The number of esters is 1. The van der Waals surface area contributed by atoms with E-state index in [1.165, 1.54) is 7.11 Å². The van der Waals surface area contributed by atoms with Crippen molar-refractivity contribution in [2.45, 2.75) is 13.2 Å². The highest BCUT2D eigenvalue weighted by Crippen LogP contribution is 2.18. The molecule has 140 valence electrons. The molecule has 0 atom stereocenters. The maximum Gasteiger partial charge on any atom is 0.319 e. The second-order valence-corrected chi connectivity index (χ2v) is 6.78. The Hall–Kier alpha value is -2.48. The third-order valence-electron chi connectivity index (χ3n) is 3.97. The van der Waals surface area contributed by atoms with Gasteiger partial charge in [-0.1, -0.05) is 41.9 Å². The van der Waals surface area contributed by atoms with E-state index < -0.39 is 0 Å². The smallest absolute Gasteiger partial charge is 0.319 e. The van der Waals surface area contributed by atoms with Crippen LogP contribution in [0.1, 0.15) is 5.56 Å². The first-order chi connectivity index (χ1) is 13.0. The van der Waals surface area contributed by atoms with E-state index in [-0.39, 0.29) is 12.5 Å². The molecule has 27 heavy (non-hydrogen) atoms. The summed E-state index contributed by atoms with van der Waals surface area (Å²) in [5.74, 6) is 0.337. The number of benzene rings is 2. The maximum absolute atomic E-state index is 11.8. The van der Waals surface area contributed by atoms with Crippen LogP contribution in [0.15, 0.2) is 54.6 Å². The van der Waals surface area contributed by atoms with E-state index in [1.54, 1.807) is 16.8 Å². The van der Waals surface area contributed by atoms with Crippen molar-refractivity contribution in [2.75, 3.05) is 13.7 Å². The average Bonchev–Trinajstić information content (AvgIpc) is 3.03. The van der Waals surface area contributed by atoms with Gasteiger partial charge in [0.2, 0.25) is 4.77 Å². The molecule has 0 aliphatic rings. The number of nitrogens with zero attached hydrogens (tertiary/aromatic N) is 3. The Morgan fingerprint density at radius 3 is 2.59 bits per heavy atom. The molecule has 2 aromatic carbocycles. The van der Waals surface area contributed by atoms with Crippen LogP contribution in [0.2, 0.25) is 5.02 Å². The van der Waals surface area contributed by atoms with Crippen LogP contribution in [0.3, 0.4) is 0 Å². The fourth-order valence-electron chi connectivity index (χ4n) is 2.63. The van der Waals surface area contributed by atoms with E-state index in [2.05, 4.69) is 10.1 Å². The van der Waals surface area contributed by atoms with Gasteiger partial charge >= 0.3 is 5.97 Å². The molecule has 0 unspecified atom stereocenters. The molecule has 3 rings (SSSR count). The first kappa shape index (κ1) is 19.3. The molecule has 0 saturated carbocycles. The number of H-pyrrole nitrogens is 1. The Bertz CT molecular complexity index is 954. The van der Waals surface area contributed by atoms with Gasteiger partial charge in [0, 0.05) is 17.1 Å². The minimum absolute atomic E-state index is 0.141. The van der Waals surface area contributed by atoms with Crippen molar-refractivity contribution in [1.82, 2.24) is 19.7 Å². The molecule has 1 N–H and O–H groups in total. The molecule has 0 bridgehead atoms. The molecule has 8 heteroatoms. The highest BCUT2D eigenvalue weighted by Gasteiger charge is 2.14. The Morgan fingerprint density at radius 1 is 1.22 bits per heavy atom. The molecule has 1 heterocycles. The van der Waals surface area contributed by atoms with Crippen molar-refractivity contribution in [3.63, 3.8) is 0 Å². The lowest BCUT2D eigenvalue weighted by atomic mass is 10.2. The predicted molar refractivity (Wildman–Crippen MR) is 107 cm³/mol. The summed E-state index contributed by atoms with van der Waals surface area (Å²) in [5.41, 5.74) is 1.97. The summed E-state index contributed by atoms with van der Waals surface area (Å²) in [6.45, 7) is 1.10. The molecule has 0 aliphatic heterocycles. The summed E-state index contributed by atoms with van der Waals surface area (Å²) in [6.07, 6.45) is 0. The summed E-state index contributed by atoms with van der Waals surface area (Å²) in [5, 5.41) is 3.85. The zero-order valence-electron chi connectivity index (χ0n) is 14.8. The lowest BCUT2D eigenvalue weighted by Gasteiger charge is -2.21. The van der Waals surface area contributed by atoms with Crippen molar-refractivity contribution in [3.8, 4) is 11.4 Å². The van der Waals surface area contributed by atoms with Gasteiger partial charge in [-0.3, -0.25) is 14.8 Å². The molecule has 0 amide bonds. The predicted octanol–water partition coefficient (Wildman–Crippen LogP) is 3.89. The second kappa shape index (κ2) is 8.94. The van der Waals surface area contributed by atoms with Crippen LogP contribution < -0.4 is 0 Å². The van der Waals surface area contributed by atoms with Crippen LogP contribution in [0.25, 0.3) is 11.4 Å². The average molecular weight is 403 g/mol. The van der Waals surface area contributed by atoms with E-state index in [0.717, 1.165) is 11.1 Å². The Kier molecular flexibility index (Phi) is 6.39. The van der Waals surface area contributed by atoms with Gasteiger partial charge in [-0.05, 0) is 42.0 Å². The molecule has 0 radical (unpaired) electrons. The quantitative estimate of drug-likeness (QED) is 0.479. The van der Waals surface area contributed by atoms with E-state index in [4.69, 9.17) is 28.6 Å². The summed E-state index contributed by atoms with van der Waals surface area (Å²) >= 11 is 11.3. The number of aromatic amines is 1. The van der Waals surface area contributed by atoms with Crippen LogP contribution in [0.5, 0.6) is 0 Å². The number of ether oxygens (including phenoxy) is 1. The van der Waals surface area contributed by atoms with Gasteiger partial charge in [-0.15, -0.1) is 0 Å². The van der Waals surface area contributed by atoms with Crippen LogP contribution >= 0.6 is 23.8 Å². The van der Waals surface area contributed by atoms with Gasteiger partial charge in [0.05, 0.1) is 20.3 Å². The lowest BCUT2D eigenvalue weighted by Crippen LogP contribution is -2.32. The SMILES string of the molecule is COC(=O)CN(Cc1ccccc1)Cn1[nH]c(-c2ccc(Cl)cc2)nc1=S. The molecule has 3 aromatic rings. The topological polar surface area (TPSA) is 63.1 Å². The zero-order valence-corrected chi connectivity index (χ0v) is 16.3. The number of carbonyl (C=O) groups excluding carboxylic acids is 1. The van der Waals surface area contributed by atoms with Gasteiger partial charge in [0.25, 0.3) is 0 Å². The Balaban J connectivity index is 1.81. The second-order valence-electron chi connectivity index (χ2n) is 5.98. The van der Waals surface area contributed by atoms with Gasteiger partial charge in [0.15, 0.2) is 5.82 Å². The van der Waals surface area contributed by atoms with Crippen molar-refractivity contribution in [3.05, 3.63) is 70.0 Å². The third kappa shape index (κ3) is 5.26. The summed E-state index contributed by atoms with van der Waals surface area (Å²) in [7, 11) is 1.38. The first-order valence-corrected chi connectivity index (χ1v) is 9.09.